The fourth-order valence-electron chi connectivity index (χ4n) is 1.66. The van der Waals surface area contributed by atoms with Crippen LogP contribution < -0.4 is 10.1 Å². The summed E-state index contributed by atoms with van der Waals surface area (Å²) >= 11 is 1.33. The molecule has 110 valence electrons. The second-order valence-electron chi connectivity index (χ2n) is 4.10. The number of benzene rings is 1. The van der Waals surface area contributed by atoms with Crippen molar-refractivity contribution >= 4 is 28.1 Å². The van der Waals surface area contributed by atoms with Crippen LogP contribution in [0.2, 0.25) is 0 Å². The number of carbonyl (C=O) groups is 1. The number of ether oxygens (including phenoxy) is 1. The van der Waals surface area contributed by atoms with Crippen molar-refractivity contribution in [3.05, 3.63) is 45.0 Å². The van der Waals surface area contributed by atoms with Crippen molar-refractivity contribution in [3.63, 3.8) is 0 Å². The lowest BCUT2D eigenvalue weighted by Gasteiger charge is -2.06. The molecule has 1 amide bonds. The van der Waals surface area contributed by atoms with Gasteiger partial charge in [-0.2, -0.15) is 0 Å². The van der Waals surface area contributed by atoms with Crippen molar-refractivity contribution in [2.24, 2.45) is 0 Å². The van der Waals surface area contributed by atoms with Gasteiger partial charge in [0.15, 0.2) is 10.9 Å². The molecule has 21 heavy (non-hydrogen) atoms. The van der Waals surface area contributed by atoms with E-state index in [1.165, 1.54) is 29.5 Å². The SMILES string of the molecule is CCOc1ccc(C(=O)Nc2ncc(C)s2)cc1[N+](=O)[O-]. The van der Waals surface area contributed by atoms with Gasteiger partial charge in [0.2, 0.25) is 0 Å². The third kappa shape index (κ3) is 3.54. The van der Waals surface area contributed by atoms with Gasteiger partial charge in [-0.3, -0.25) is 20.2 Å². The zero-order valence-corrected chi connectivity index (χ0v) is 12.3. The largest absolute Gasteiger partial charge is 0.487 e. The number of rotatable bonds is 5. The second-order valence-corrected chi connectivity index (χ2v) is 5.34. The van der Waals surface area contributed by atoms with E-state index in [1.54, 1.807) is 13.1 Å². The lowest BCUT2D eigenvalue weighted by atomic mass is 10.2. The summed E-state index contributed by atoms with van der Waals surface area (Å²) in [7, 11) is 0. The molecule has 1 aromatic heterocycles. The minimum Gasteiger partial charge on any atom is -0.487 e. The van der Waals surface area contributed by atoms with Crippen LogP contribution in [-0.2, 0) is 0 Å². The van der Waals surface area contributed by atoms with Gasteiger partial charge >= 0.3 is 5.69 Å². The Morgan fingerprint density at radius 3 is 2.86 bits per heavy atom. The van der Waals surface area contributed by atoms with Crippen molar-refractivity contribution in [1.29, 1.82) is 0 Å². The van der Waals surface area contributed by atoms with Gasteiger partial charge in [0, 0.05) is 22.7 Å². The second kappa shape index (κ2) is 6.31. The lowest BCUT2D eigenvalue weighted by Crippen LogP contribution is -2.12. The summed E-state index contributed by atoms with van der Waals surface area (Å²) in [5.74, 6) is -0.306. The molecule has 0 bridgehead atoms. The molecule has 0 fully saturated rings. The minimum atomic E-state index is -0.574. The average molecular weight is 307 g/mol. The number of nitro groups is 1. The van der Waals surface area contributed by atoms with E-state index in [1.807, 2.05) is 6.92 Å². The molecule has 0 spiro atoms. The molecule has 0 unspecified atom stereocenters. The molecule has 0 aliphatic heterocycles. The summed E-state index contributed by atoms with van der Waals surface area (Å²) < 4.78 is 5.17. The van der Waals surface area contributed by atoms with Crippen LogP contribution in [0.3, 0.4) is 0 Å². The average Bonchev–Trinajstić information content (AvgIpc) is 2.84. The fraction of sp³-hybridized carbons (Fsp3) is 0.231. The summed E-state index contributed by atoms with van der Waals surface area (Å²) in [6, 6.07) is 4.10. The number of nitro benzene ring substituents is 1. The zero-order chi connectivity index (χ0) is 15.4. The van der Waals surface area contributed by atoms with E-state index >= 15 is 0 Å². The van der Waals surface area contributed by atoms with Crippen LogP contribution in [-0.4, -0.2) is 22.4 Å². The number of hydrogen-bond donors (Lipinski definition) is 1. The van der Waals surface area contributed by atoms with Gasteiger partial charge in [0.25, 0.3) is 5.91 Å². The molecule has 0 radical (unpaired) electrons. The molecule has 2 aromatic rings. The first-order chi connectivity index (χ1) is 10.0. The van der Waals surface area contributed by atoms with Crippen molar-refractivity contribution < 1.29 is 14.5 Å². The molecule has 1 N–H and O–H groups in total. The molecule has 2 rings (SSSR count). The first kappa shape index (κ1) is 14.9. The van der Waals surface area contributed by atoms with Gasteiger partial charge in [0.1, 0.15) is 0 Å². The molecular formula is C13H13N3O4S. The van der Waals surface area contributed by atoms with Crippen LogP contribution in [0.5, 0.6) is 5.75 Å². The Labute approximate surface area is 124 Å². The third-order valence-corrected chi connectivity index (χ3v) is 3.39. The van der Waals surface area contributed by atoms with Gasteiger partial charge < -0.3 is 4.74 Å². The molecule has 0 saturated heterocycles. The van der Waals surface area contributed by atoms with E-state index in [0.717, 1.165) is 4.88 Å². The number of carbonyl (C=O) groups excluding carboxylic acids is 1. The van der Waals surface area contributed by atoms with E-state index < -0.39 is 10.8 Å². The number of anilines is 1. The van der Waals surface area contributed by atoms with Crippen LogP contribution in [0.4, 0.5) is 10.8 Å². The Kier molecular flexibility index (Phi) is 4.49. The van der Waals surface area contributed by atoms with Crippen LogP contribution in [0.25, 0.3) is 0 Å². The van der Waals surface area contributed by atoms with Gasteiger partial charge in [-0.15, -0.1) is 11.3 Å². The van der Waals surface area contributed by atoms with Gasteiger partial charge in [-0.05, 0) is 26.0 Å². The maximum atomic E-state index is 12.1. The van der Waals surface area contributed by atoms with Crippen molar-refractivity contribution in [1.82, 2.24) is 4.98 Å². The zero-order valence-electron chi connectivity index (χ0n) is 11.5. The van der Waals surface area contributed by atoms with E-state index in [2.05, 4.69) is 10.3 Å². The molecule has 8 heteroatoms. The van der Waals surface area contributed by atoms with Gasteiger partial charge in [-0.1, -0.05) is 0 Å². The highest BCUT2D eigenvalue weighted by Crippen LogP contribution is 2.28. The topological polar surface area (TPSA) is 94.4 Å². The summed E-state index contributed by atoms with van der Waals surface area (Å²) in [5.41, 5.74) is -0.0576. The van der Waals surface area contributed by atoms with Gasteiger partial charge in [0.05, 0.1) is 11.5 Å². The predicted octanol–water partition coefficient (Wildman–Crippen LogP) is 3.01. The summed E-state index contributed by atoms with van der Waals surface area (Å²) in [4.78, 5) is 27.5. The van der Waals surface area contributed by atoms with Crippen molar-refractivity contribution in [3.8, 4) is 5.75 Å². The molecule has 7 nitrogen and oxygen atoms in total. The number of aromatic nitrogens is 1. The monoisotopic (exact) mass is 307 g/mol. The standard InChI is InChI=1S/C13H13N3O4S/c1-3-20-11-5-4-9(6-10(11)16(18)19)12(17)15-13-14-7-8(2)21-13/h4-7H,3H2,1-2H3,(H,14,15,17). The third-order valence-electron chi connectivity index (χ3n) is 2.56. The lowest BCUT2D eigenvalue weighted by molar-refractivity contribution is -0.385. The smallest absolute Gasteiger partial charge is 0.311 e. The Bertz CT molecular complexity index is 684. The van der Waals surface area contributed by atoms with E-state index in [0.29, 0.717) is 11.7 Å². The highest BCUT2D eigenvalue weighted by molar-refractivity contribution is 7.15. The Morgan fingerprint density at radius 1 is 1.52 bits per heavy atom. The summed E-state index contributed by atoms with van der Waals surface area (Å²) in [5, 5.41) is 14.1. The fourth-order valence-corrected chi connectivity index (χ4v) is 2.32. The number of nitrogens with zero attached hydrogens (tertiary/aromatic N) is 2. The van der Waals surface area contributed by atoms with Crippen molar-refractivity contribution in [2.45, 2.75) is 13.8 Å². The van der Waals surface area contributed by atoms with E-state index in [4.69, 9.17) is 4.74 Å². The molecule has 1 aromatic carbocycles. The van der Waals surface area contributed by atoms with E-state index in [9.17, 15) is 14.9 Å². The quantitative estimate of drug-likeness (QED) is 0.677. The molecule has 1 heterocycles. The normalized spacial score (nSPS) is 10.2. The van der Waals surface area contributed by atoms with Gasteiger partial charge in [-0.25, -0.2) is 4.98 Å². The number of amides is 1. The summed E-state index contributed by atoms with van der Waals surface area (Å²) in [6.07, 6.45) is 1.64. The number of hydrogen-bond acceptors (Lipinski definition) is 6. The molecule has 0 aliphatic carbocycles. The molecular weight excluding hydrogens is 294 g/mol. The first-order valence-electron chi connectivity index (χ1n) is 6.16. The Balaban J connectivity index is 2.25. The molecule has 0 aliphatic rings. The maximum absolute atomic E-state index is 12.1. The molecule has 0 atom stereocenters. The van der Waals surface area contributed by atoms with Crippen LogP contribution in [0.15, 0.2) is 24.4 Å². The van der Waals surface area contributed by atoms with Crippen LogP contribution >= 0.6 is 11.3 Å². The highest BCUT2D eigenvalue weighted by Gasteiger charge is 2.19. The Hall–Kier alpha value is -2.48. The Morgan fingerprint density at radius 2 is 2.29 bits per heavy atom. The highest BCUT2D eigenvalue weighted by atomic mass is 32.1. The number of aryl methyl sites for hydroxylation is 1. The molecule has 0 saturated carbocycles. The first-order valence-corrected chi connectivity index (χ1v) is 6.98. The predicted molar refractivity (Wildman–Crippen MR) is 79.1 cm³/mol. The van der Waals surface area contributed by atoms with E-state index in [-0.39, 0.29) is 17.0 Å². The van der Waals surface area contributed by atoms with Crippen LogP contribution in [0, 0.1) is 17.0 Å². The number of thiazole rings is 1. The minimum absolute atomic E-state index is 0.143. The summed E-state index contributed by atoms with van der Waals surface area (Å²) in [6.45, 7) is 3.91. The maximum Gasteiger partial charge on any atom is 0.311 e. The van der Waals surface area contributed by atoms with Crippen molar-refractivity contribution in [2.75, 3.05) is 11.9 Å². The van der Waals surface area contributed by atoms with Crippen LogP contribution in [0.1, 0.15) is 22.2 Å². The number of nitrogens with one attached hydrogen (secondary N) is 1.